The fourth-order valence-corrected chi connectivity index (χ4v) is 2.64. The lowest BCUT2D eigenvalue weighted by Gasteiger charge is -2.03. The van der Waals surface area contributed by atoms with Gasteiger partial charge in [0.25, 0.3) is 0 Å². The van der Waals surface area contributed by atoms with E-state index in [1.165, 1.54) is 5.56 Å². The highest BCUT2D eigenvalue weighted by molar-refractivity contribution is 6.09. The minimum atomic E-state index is -0.950. The largest absolute Gasteiger partial charge is 0.497 e. The summed E-state index contributed by atoms with van der Waals surface area (Å²) in [6.45, 7) is 2.09. The first-order valence-corrected chi connectivity index (χ1v) is 7.16. The van der Waals surface area contributed by atoms with Gasteiger partial charge < -0.3 is 14.8 Å². The average Bonchev–Trinajstić information content (AvgIpc) is 2.93. The number of aryl methyl sites for hydroxylation is 1. The second kappa shape index (κ2) is 5.56. The maximum Gasteiger partial charge on any atom is 0.338 e. The van der Waals surface area contributed by atoms with Crippen molar-refractivity contribution < 1.29 is 14.6 Å². The monoisotopic (exact) mass is 295 g/mol. The van der Waals surface area contributed by atoms with Gasteiger partial charge in [-0.1, -0.05) is 31.2 Å². The number of aromatic amines is 1. The van der Waals surface area contributed by atoms with Crippen LogP contribution < -0.4 is 4.74 Å². The van der Waals surface area contributed by atoms with Gasteiger partial charge in [-0.25, -0.2) is 4.79 Å². The predicted molar refractivity (Wildman–Crippen MR) is 86.6 cm³/mol. The number of methoxy groups -OCH3 is 1. The molecule has 0 fully saturated rings. The van der Waals surface area contributed by atoms with E-state index in [1.54, 1.807) is 13.2 Å². The van der Waals surface area contributed by atoms with Crippen LogP contribution in [0.2, 0.25) is 0 Å². The van der Waals surface area contributed by atoms with Crippen LogP contribution >= 0.6 is 0 Å². The number of nitrogens with one attached hydrogen (secondary N) is 1. The van der Waals surface area contributed by atoms with Crippen LogP contribution in [0.25, 0.3) is 22.2 Å². The van der Waals surface area contributed by atoms with Crippen LogP contribution in [0.1, 0.15) is 22.8 Å². The summed E-state index contributed by atoms with van der Waals surface area (Å²) in [6.07, 6.45) is 0.954. The third-order valence-electron chi connectivity index (χ3n) is 3.87. The minimum absolute atomic E-state index is 0.276. The Balaban J connectivity index is 2.23. The number of benzene rings is 2. The Morgan fingerprint density at radius 1 is 1.18 bits per heavy atom. The van der Waals surface area contributed by atoms with E-state index in [0.29, 0.717) is 16.8 Å². The molecule has 0 aliphatic carbocycles. The summed E-state index contributed by atoms with van der Waals surface area (Å²) in [5.41, 5.74) is 3.77. The zero-order valence-corrected chi connectivity index (χ0v) is 12.5. The molecule has 0 saturated carbocycles. The minimum Gasteiger partial charge on any atom is -0.497 e. The number of ether oxygens (including phenoxy) is 1. The number of rotatable bonds is 4. The number of carboxylic acid groups (broad SMARTS) is 1. The van der Waals surface area contributed by atoms with Crippen molar-refractivity contribution >= 4 is 16.9 Å². The first kappa shape index (κ1) is 14.2. The molecule has 0 unspecified atom stereocenters. The van der Waals surface area contributed by atoms with Crippen LogP contribution in [0.15, 0.2) is 42.5 Å². The Morgan fingerprint density at radius 3 is 2.50 bits per heavy atom. The molecule has 22 heavy (non-hydrogen) atoms. The standard InChI is InChI=1S/C18H17NO3/c1-3-11-4-6-12(7-5-11)17-16(18(20)21)14-10-13(22-2)8-9-15(14)19-17/h4-10,19H,3H2,1-2H3,(H,20,21). The number of aromatic carboxylic acids is 1. The van der Waals surface area contributed by atoms with Gasteiger partial charge in [0, 0.05) is 10.9 Å². The van der Waals surface area contributed by atoms with Gasteiger partial charge in [-0.15, -0.1) is 0 Å². The smallest absolute Gasteiger partial charge is 0.338 e. The Morgan fingerprint density at radius 2 is 1.91 bits per heavy atom. The topological polar surface area (TPSA) is 62.3 Å². The van der Waals surface area contributed by atoms with Crippen LogP contribution in [0.4, 0.5) is 0 Å². The fourth-order valence-electron chi connectivity index (χ4n) is 2.64. The maximum absolute atomic E-state index is 11.7. The predicted octanol–water partition coefficient (Wildman–Crippen LogP) is 4.10. The molecule has 0 aliphatic heterocycles. The number of hydrogen-bond donors (Lipinski definition) is 2. The van der Waals surface area contributed by atoms with Crippen molar-refractivity contribution in [1.29, 1.82) is 0 Å². The van der Waals surface area contributed by atoms with E-state index in [1.807, 2.05) is 36.4 Å². The molecule has 4 nitrogen and oxygen atoms in total. The number of H-pyrrole nitrogens is 1. The van der Waals surface area contributed by atoms with E-state index in [0.717, 1.165) is 17.5 Å². The first-order valence-electron chi connectivity index (χ1n) is 7.16. The van der Waals surface area contributed by atoms with Gasteiger partial charge in [-0.05, 0) is 35.7 Å². The zero-order chi connectivity index (χ0) is 15.7. The Bertz CT molecular complexity index is 831. The third-order valence-corrected chi connectivity index (χ3v) is 3.87. The summed E-state index contributed by atoms with van der Waals surface area (Å²) < 4.78 is 5.20. The lowest BCUT2D eigenvalue weighted by atomic mass is 10.0. The van der Waals surface area contributed by atoms with Gasteiger partial charge in [0.05, 0.1) is 18.4 Å². The summed E-state index contributed by atoms with van der Waals surface area (Å²) in [4.78, 5) is 14.9. The molecule has 112 valence electrons. The molecule has 1 heterocycles. The molecule has 0 saturated heterocycles. The van der Waals surface area contributed by atoms with Crippen molar-refractivity contribution in [3.8, 4) is 17.0 Å². The van der Waals surface area contributed by atoms with E-state index in [-0.39, 0.29) is 5.56 Å². The SMILES string of the molecule is CCc1ccc(-c2[nH]c3ccc(OC)cc3c2C(=O)O)cc1. The van der Waals surface area contributed by atoms with Gasteiger partial charge in [0.15, 0.2) is 0 Å². The highest BCUT2D eigenvalue weighted by atomic mass is 16.5. The van der Waals surface area contributed by atoms with E-state index in [4.69, 9.17) is 4.74 Å². The van der Waals surface area contributed by atoms with Crippen molar-refractivity contribution in [3.05, 3.63) is 53.6 Å². The van der Waals surface area contributed by atoms with Gasteiger partial charge in [-0.2, -0.15) is 0 Å². The van der Waals surface area contributed by atoms with Crippen LogP contribution in [-0.4, -0.2) is 23.2 Å². The van der Waals surface area contributed by atoms with E-state index >= 15 is 0 Å². The molecule has 0 bridgehead atoms. The number of aromatic nitrogens is 1. The molecular weight excluding hydrogens is 278 g/mol. The van der Waals surface area contributed by atoms with Crippen LogP contribution in [0.3, 0.4) is 0 Å². The number of fused-ring (bicyclic) bond motifs is 1. The summed E-state index contributed by atoms with van der Waals surface area (Å²) in [7, 11) is 1.57. The van der Waals surface area contributed by atoms with Gasteiger partial charge in [-0.3, -0.25) is 0 Å². The number of hydrogen-bond acceptors (Lipinski definition) is 2. The molecule has 2 aromatic carbocycles. The molecule has 0 aliphatic rings. The first-order chi connectivity index (χ1) is 10.6. The highest BCUT2D eigenvalue weighted by Gasteiger charge is 2.19. The summed E-state index contributed by atoms with van der Waals surface area (Å²) in [6, 6.07) is 13.3. The Labute approximate surface area is 128 Å². The summed E-state index contributed by atoms with van der Waals surface area (Å²) in [5.74, 6) is -0.309. The van der Waals surface area contributed by atoms with E-state index < -0.39 is 5.97 Å². The average molecular weight is 295 g/mol. The molecule has 3 rings (SSSR count). The van der Waals surface area contributed by atoms with Crippen LogP contribution in [-0.2, 0) is 6.42 Å². The maximum atomic E-state index is 11.7. The normalized spacial score (nSPS) is 10.8. The molecule has 1 aromatic heterocycles. The van der Waals surface area contributed by atoms with Crippen molar-refractivity contribution in [2.45, 2.75) is 13.3 Å². The second-order valence-electron chi connectivity index (χ2n) is 5.14. The summed E-state index contributed by atoms with van der Waals surface area (Å²) in [5, 5.41) is 10.3. The molecule has 3 aromatic rings. The molecule has 0 amide bonds. The van der Waals surface area contributed by atoms with Gasteiger partial charge in [0.2, 0.25) is 0 Å². The van der Waals surface area contributed by atoms with Crippen molar-refractivity contribution in [2.24, 2.45) is 0 Å². The quantitative estimate of drug-likeness (QED) is 0.761. The number of carbonyl (C=O) groups is 1. The molecule has 4 heteroatoms. The van der Waals surface area contributed by atoms with Gasteiger partial charge >= 0.3 is 5.97 Å². The lowest BCUT2D eigenvalue weighted by Crippen LogP contribution is -1.98. The van der Waals surface area contributed by atoms with Gasteiger partial charge in [0.1, 0.15) is 5.75 Å². The molecule has 0 atom stereocenters. The third kappa shape index (κ3) is 2.33. The highest BCUT2D eigenvalue weighted by Crippen LogP contribution is 2.32. The van der Waals surface area contributed by atoms with Crippen molar-refractivity contribution in [1.82, 2.24) is 4.98 Å². The fraction of sp³-hybridized carbons (Fsp3) is 0.167. The lowest BCUT2D eigenvalue weighted by molar-refractivity contribution is 0.0700. The van der Waals surface area contributed by atoms with Crippen molar-refractivity contribution in [2.75, 3.05) is 7.11 Å². The Hall–Kier alpha value is -2.75. The molecule has 2 N–H and O–H groups in total. The number of carboxylic acids is 1. The summed E-state index contributed by atoms with van der Waals surface area (Å²) >= 11 is 0. The Kier molecular flexibility index (Phi) is 3.59. The van der Waals surface area contributed by atoms with Crippen LogP contribution in [0, 0.1) is 0 Å². The van der Waals surface area contributed by atoms with E-state index in [9.17, 15) is 9.90 Å². The zero-order valence-electron chi connectivity index (χ0n) is 12.5. The second-order valence-corrected chi connectivity index (χ2v) is 5.14. The molecular formula is C18H17NO3. The molecule has 0 spiro atoms. The van der Waals surface area contributed by atoms with Crippen LogP contribution in [0.5, 0.6) is 5.75 Å². The molecule has 0 radical (unpaired) electrons. The van der Waals surface area contributed by atoms with E-state index in [2.05, 4.69) is 11.9 Å². The van der Waals surface area contributed by atoms with Crippen molar-refractivity contribution in [3.63, 3.8) is 0 Å².